The molecule has 0 saturated heterocycles. The molecule has 8 nitrogen and oxygen atoms in total. The summed E-state index contributed by atoms with van der Waals surface area (Å²) in [6.07, 6.45) is 5.79. The molecule has 0 unspecified atom stereocenters. The van der Waals surface area contributed by atoms with Crippen molar-refractivity contribution in [3.63, 3.8) is 0 Å². The van der Waals surface area contributed by atoms with E-state index >= 15 is 0 Å². The largest absolute Gasteiger partial charge is 0.347 e. The molecule has 0 saturated carbocycles. The van der Waals surface area contributed by atoms with Crippen LogP contribution in [0.2, 0.25) is 0 Å². The normalized spacial score (nSPS) is 16.3. The lowest BCUT2D eigenvalue weighted by Gasteiger charge is -2.29. The first-order chi connectivity index (χ1) is 12.1. The lowest BCUT2D eigenvalue weighted by atomic mass is 9.95. The number of hydrogen-bond donors (Lipinski definition) is 2. The predicted molar refractivity (Wildman–Crippen MR) is 88.3 cm³/mol. The minimum atomic E-state index is -0.541. The highest BCUT2D eigenvalue weighted by molar-refractivity contribution is 5.95. The first-order valence-electron chi connectivity index (χ1n) is 8.56. The average molecular weight is 343 g/mol. The molecule has 0 spiro atoms. The number of amides is 2. The summed E-state index contributed by atoms with van der Waals surface area (Å²) < 4.78 is 3.67. The highest BCUT2D eigenvalue weighted by atomic mass is 16.5. The minimum absolute atomic E-state index is 0.00115. The van der Waals surface area contributed by atoms with Crippen molar-refractivity contribution in [3.05, 3.63) is 40.5 Å². The summed E-state index contributed by atoms with van der Waals surface area (Å²) in [6, 6.07) is 1.71. The molecule has 1 aliphatic carbocycles. The van der Waals surface area contributed by atoms with E-state index in [1.807, 2.05) is 16.5 Å². The smallest absolute Gasteiger partial charge is 0.276 e. The zero-order valence-corrected chi connectivity index (χ0v) is 14.2. The molecule has 4 rings (SSSR count). The Morgan fingerprint density at radius 2 is 2.04 bits per heavy atom. The third kappa shape index (κ3) is 2.62. The van der Waals surface area contributed by atoms with E-state index < -0.39 is 5.91 Å². The van der Waals surface area contributed by atoms with Crippen LogP contribution in [0.5, 0.6) is 0 Å². The van der Waals surface area contributed by atoms with E-state index in [0.717, 1.165) is 42.6 Å². The van der Waals surface area contributed by atoms with Gasteiger partial charge >= 0.3 is 0 Å². The molecule has 2 aromatic rings. The molecule has 1 aliphatic heterocycles. The van der Waals surface area contributed by atoms with Gasteiger partial charge in [-0.2, -0.15) is 5.10 Å². The van der Waals surface area contributed by atoms with Crippen LogP contribution in [0.15, 0.2) is 12.3 Å². The third-order valence-electron chi connectivity index (χ3n) is 5.12. The molecule has 132 valence electrons. The molecule has 2 N–H and O–H groups in total. The van der Waals surface area contributed by atoms with E-state index in [-0.39, 0.29) is 5.91 Å². The number of nitrogens with zero attached hydrogens (tertiary/aromatic N) is 4. The van der Waals surface area contributed by atoms with Crippen molar-refractivity contribution in [2.45, 2.75) is 38.8 Å². The van der Waals surface area contributed by atoms with E-state index in [1.54, 1.807) is 22.4 Å². The maximum Gasteiger partial charge on any atom is 0.276 e. The maximum absolute atomic E-state index is 13.1. The predicted octanol–water partition coefficient (Wildman–Crippen LogP) is 0.875. The van der Waals surface area contributed by atoms with Gasteiger partial charge in [0.05, 0.1) is 17.8 Å². The van der Waals surface area contributed by atoms with Crippen molar-refractivity contribution in [1.29, 1.82) is 0 Å². The van der Waals surface area contributed by atoms with Crippen LogP contribution in [0.4, 0.5) is 0 Å². The molecule has 0 fully saturated rings. The van der Waals surface area contributed by atoms with Gasteiger partial charge in [-0.15, -0.1) is 0 Å². The van der Waals surface area contributed by atoms with E-state index in [9.17, 15) is 9.59 Å². The van der Waals surface area contributed by atoms with Crippen molar-refractivity contribution in [3.8, 4) is 0 Å². The van der Waals surface area contributed by atoms with Crippen molar-refractivity contribution in [2.75, 3.05) is 6.54 Å². The van der Waals surface area contributed by atoms with E-state index in [4.69, 9.17) is 5.21 Å². The fourth-order valence-corrected chi connectivity index (χ4v) is 3.86. The van der Waals surface area contributed by atoms with Crippen LogP contribution < -0.4 is 5.48 Å². The highest BCUT2D eigenvalue weighted by Crippen LogP contribution is 2.26. The summed E-state index contributed by atoms with van der Waals surface area (Å²) >= 11 is 0. The first kappa shape index (κ1) is 15.9. The molecule has 0 bridgehead atoms. The SMILES string of the molecule is Cn1nc2c(c1C(=O)N1CCn3cc(C(=O)NO)cc3C1)CCCC2. The molecule has 3 heterocycles. The summed E-state index contributed by atoms with van der Waals surface area (Å²) in [7, 11) is 1.84. The Morgan fingerprint density at radius 3 is 2.84 bits per heavy atom. The van der Waals surface area contributed by atoms with Gasteiger partial charge in [-0.05, 0) is 31.7 Å². The van der Waals surface area contributed by atoms with Crippen molar-refractivity contribution in [2.24, 2.45) is 7.05 Å². The van der Waals surface area contributed by atoms with Crippen LogP contribution in [0.1, 0.15) is 50.6 Å². The van der Waals surface area contributed by atoms with Crippen molar-refractivity contribution >= 4 is 11.8 Å². The number of hydrogen-bond acceptors (Lipinski definition) is 4. The van der Waals surface area contributed by atoms with Gasteiger partial charge < -0.3 is 9.47 Å². The van der Waals surface area contributed by atoms with Crippen LogP contribution in [0.25, 0.3) is 0 Å². The zero-order chi connectivity index (χ0) is 17.6. The molecular formula is C17H21N5O3. The second kappa shape index (κ2) is 6.03. The molecule has 0 aromatic carbocycles. The maximum atomic E-state index is 13.1. The van der Waals surface area contributed by atoms with Crippen LogP contribution in [0.3, 0.4) is 0 Å². The molecule has 2 aromatic heterocycles. The molecule has 0 radical (unpaired) electrons. The molecule has 8 heteroatoms. The minimum Gasteiger partial charge on any atom is -0.347 e. The fraction of sp³-hybridized carbons (Fsp3) is 0.471. The van der Waals surface area contributed by atoms with E-state index in [1.165, 1.54) is 0 Å². The Bertz CT molecular complexity index is 851. The van der Waals surface area contributed by atoms with Crippen LogP contribution in [0, 0.1) is 0 Å². The lowest BCUT2D eigenvalue weighted by molar-refractivity contribution is 0.0695. The van der Waals surface area contributed by atoms with E-state index in [0.29, 0.717) is 30.9 Å². The summed E-state index contributed by atoms with van der Waals surface area (Å²) in [5, 5.41) is 13.3. The summed E-state index contributed by atoms with van der Waals surface area (Å²) in [6.45, 7) is 1.65. The van der Waals surface area contributed by atoms with Crippen molar-refractivity contribution in [1.82, 2.24) is 24.7 Å². The van der Waals surface area contributed by atoms with Gasteiger partial charge in [0.1, 0.15) is 5.69 Å². The third-order valence-corrected chi connectivity index (χ3v) is 5.12. The second-order valence-corrected chi connectivity index (χ2v) is 6.69. The standard InChI is InChI=1S/C17H21N5O3/c1-20-15(13-4-2-3-5-14(13)18-20)17(24)22-7-6-21-9-11(16(23)19-25)8-12(21)10-22/h8-9,25H,2-7,10H2,1H3,(H,19,23). The zero-order valence-electron chi connectivity index (χ0n) is 14.2. The van der Waals surface area contributed by atoms with Gasteiger partial charge in [0.25, 0.3) is 11.8 Å². The number of carbonyl (C=O) groups excluding carboxylic acids is 2. The Morgan fingerprint density at radius 1 is 1.24 bits per heavy atom. The highest BCUT2D eigenvalue weighted by Gasteiger charge is 2.29. The van der Waals surface area contributed by atoms with Gasteiger partial charge in [-0.1, -0.05) is 0 Å². The molecular weight excluding hydrogens is 322 g/mol. The van der Waals surface area contributed by atoms with Gasteiger partial charge in [-0.3, -0.25) is 19.5 Å². The number of fused-ring (bicyclic) bond motifs is 2. The lowest BCUT2D eigenvalue weighted by Crippen LogP contribution is -2.39. The van der Waals surface area contributed by atoms with E-state index in [2.05, 4.69) is 5.10 Å². The Labute approximate surface area is 145 Å². The number of carbonyl (C=O) groups is 2. The molecule has 2 amide bonds. The van der Waals surface area contributed by atoms with Crippen molar-refractivity contribution < 1.29 is 14.8 Å². The number of nitrogens with one attached hydrogen (secondary N) is 1. The monoisotopic (exact) mass is 343 g/mol. The number of hydroxylamine groups is 1. The van der Waals surface area contributed by atoms with Crippen LogP contribution >= 0.6 is 0 Å². The van der Waals surface area contributed by atoms with Gasteiger partial charge in [0.15, 0.2) is 0 Å². The van der Waals surface area contributed by atoms with Gasteiger partial charge in [0.2, 0.25) is 0 Å². The summed E-state index contributed by atoms with van der Waals surface area (Å²) in [5.41, 5.74) is 5.77. The fourth-order valence-electron chi connectivity index (χ4n) is 3.86. The second-order valence-electron chi connectivity index (χ2n) is 6.69. The molecule has 2 aliphatic rings. The molecule has 0 atom stereocenters. The average Bonchev–Trinajstić information content (AvgIpc) is 3.19. The number of rotatable bonds is 2. The summed E-state index contributed by atoms with van der Waals surface area (Å²) in [5.74, 6) is -0.542. The van der Waals surface area contributed by atoms with Crippen LogP contribution in [-0.2, 0) is 33.0 Å². The first-order valence-corrected chi connectivity index (χ1v) is 8.56. The number of aromatic nitrogens is 3. The van der Waals surface area contributed by atoms with Crippen LogP contribution in [-0.4, -0.2) is 42.8 Å². The summed E-state index contributed by atoms with van der Waals surface area (Å²) in [4.78, 5) is 26.5. The Balaban J connectivity index is 1.60. The van der Waals surface area contributed by atoms with Gasteiger partial charge in [-0.25, -0.2) is 5.48 Å². The molecule has 25 heavy (non-hydrogen) atoms. The topological polar surface area (TPSA) is 92.4 Å². The Hall–Kier alpha value is -2.61. The van der Waals surface area contributed by atoms with Gasteiger partial charge in [0, 0.05) is 37.6 Å². The quantitative estimate of drug-likeness (QED) is 0.625. The number of aryl methyl sites for hydroxylation is 2. The Kier molecular flexibility index (Phi) is 3.84.